The lowest BCUT2D eigenvalue weighted by Crippen LogP contribution is -2.36. The van der Waals surface area contributed by atoms with Gasteiger partial charge in [0, 0.05) is 0 Å². The van der Waals surface area contributed by atoms with E-state index in [1.165, 1.54) is 0 Å². The summed E-state index contributed by atoms with van der Waals surface area (Å²) in [5.41, 5.74) is 0. The molecule has 2 aliphatic rings. The van der Waals surface area contributed by atoms with Gasteiger partial charge in [-0.3, -0.25) is 0 Å². The molecule has 0 radical (unpaired) electrons. The van der Waals surface area contributed by atoms with Crippen LogP contribution in [-0.4, -0.2) is 47.2 Å². The average Bonchev–Trinajstić information content (AvgIpc) is 2.47. The van der Waals surface area contributed by atoms with E-state index >= 15 is 0 Å². The Morgan fingerprint density at radius 3 is 2.54 bits per heavy atom. The van der Waals surface area contributed by atoms with Crippen molar-refractivity contribution in [2.75, 3.05) is 6.61 Å². The second-order valence-corrected chi connectivity index (χ2v) is 3.82. The maximum Gasteiger partial charge on any atom is 0.190 e. The van der Waals surface area contributed by atoms with Crippen molar-refractivity contribution in [3.8, 4) is 0 Å². The van der Waals surface area contributed by atoms with Crippen LogP contribution in [0.4, 0.5) is 0 Å². The van der Waals surface area contributed by atoms with Crippen LogP contribution >= 0.6 is 0 Å². The fraction of sp³-hybridized carbons (Fsp3) is 1.00. The van der Waals surface area contributed by atoms with Crippen molar-refractivity contribution in [3.63, 3.8) is 0 Å². The van der Waals surface area contributed by atoms with Gasteiger partial charge in [0.15, 0.2) is 12.1 Å². The SMILES string of the molecule is CC1(C)O[C@H]2OC(CO)[C@H](O)[C@H]2O1. The first-order valence-electron chi connectivity index (χ1n) is 4.33. The largest absolute Gasteiger partial charge is 0.394 e. The third kappa shape index (κ3) is 1.47. The van der Waals surface area contributed by atoms with Crippen LogP contribution < -0.4 is 0 Å². The quantitative estimate of drug-likeness (QED) is 0.567. The van der Waals surface area contributed by atoms with Crippen LogP contribution in [0.5, 0.6) is 0 Å². The highest BCUT2D eigenvalue weighted by Gasteiger charge is 2.53. The van der Waals surface area contributed by atoms with Gasteiger partial charge in [-0.25, -0.2) is 0 Å². The van der Waals surface area contributed by atoms with Crippen molar-refractivity contribution in [1.29, 1.82) is 0 Å². The Morgan fingerprint density at radius 1 is 1.31 bits per heavy atom. The van der Waals surface area contributed by atoms with Crippen LogP contribution in [0.3, 0.4) is 0 Å². The molecule has 5 nitrogen and oxygen atoms in total. The van der Waals surface area contributed by atoms with E-state index in [0.717, 1.165) is 0 Å². The summed E-state index contributed by atoms with van der Waals surface area (Å²) in [4.78, 5) is 0. The van der Waals surface area contributed by atoms with E-state index in [2.05, 4.69) is 0 Å². The fourth-order valence-corrected chi connectivity index (χ4v) is 1.71. The molecule has 2 rings (SSSR count). The Labute approximate surface area is 76.2 Å². The van der Waals surface area contributed by atoms with Crippen LogP contribution in [0, 0.1) is 0 Å². The average molecular weight is 190 g/mol. The third-order valence-electron chi connectivity index (χ3n) is 2.29. The van der Waals surface area contributed by atoms with E-state index in [0.29, 0.717) is 0 Å². The molecule has 0 amide bonds. The van der Waals surface area contributed by atoms with Gasteiger partial charge in [-0.2, -0.15) is 0 Å². The lowest BCUT2D eigenvalue weighted by Gasteiger charge is -2.21. The Morgan fingerprint density at radius 2 is 2.00 bits per heavy atom. The molecule has 2 saturated heterocycles. The molecule has 0 aromatic carbocycles. The molecular weight excluding hydrogens is 176 g/mol. The van der Waals surface area contributed by atoms with Gasteiger partial charge in [0.05, 0.1) is 6.61 Å². The number of ether oxygens (including phenoxy) is 3. The highest BCUT2D eigenvalue weighted by molar-refractivity contribution is 4.92. The number of aliphatic hydroxyl groups excluding tert-OH is 2. The maximum absolute atomic E-state index is 9.60. The lowest BCUT2D eigenvalue weighted by molar-refractivity contribution is -0.218. The van der Waals surface area contributed by atoms with E-state index < -0.39 is 30.4 Å². The van der Waals surface area contributed by atoms with Gasteiger partial charge in [-0.1, -0.05) is 0 Å². The predicted octanol–water partition coefficient (Wildman–Crippen LogP) is -0.784. The summed E-state index contributed by atoms with van der Waals surface area (Å²) in [5, 5.41) is 18.4. The highest BCUT2D eigenvalue weighted by atomic mass is 16.8. The molecule has 1 unspecified atom stereocenters. The van der Waals surface area contributed by atoms with Gasteiger partial charge in [-0.05, 0) is 13.8 Å². The molecule has 76 valence electrons. The molecular formula is C8H14O5. The van der Waals surface area contributed by atoms with Crippen LogP contribution in [0.2, 0.25) is 0 Å². The summed E-state index contributed by atoms with van der Waals surface area (Å²) in [5.74, 6) is -0.712. The minimum Gasteiger partial charge on any atom is -0.394 e. The van der Waals surface area contributed by atoms with Gasteiger partial charge in [0.2, 0.25) is 0 Å². The van der Waals surface area contributed by atoms with E-state index in [1.807, 2.05) is 0 Å². The van der Waals surface area contributed by atoms with Crippen molar-refractivity contribution in [1.82, 2.24) is 0 Å². The molecule has 0 bridgehead atoms. The first-order valence-corrected chi connectivity index (χ1v) is 4.33. The Bertz CT molecular complexity index is 205. The van der Waals surface area contributed by atoms with Crippen molar-refractivity contribution in [2.24, 2.45) is 0 Å². The first kappa shape index (κ1) is 9.36. The Balaban J connectivity index is 2.07. The van der Waals surface area contributed by atoms with E-state index in [4.69, 9.17) is 19.3 Å². The summed E-state index contributed by atoms with van der Waals surface area (Å²) >= 11 is 0. The van der Waals surface area contributed by atoms with Gasteiger partial charge in [0.1, 0.15) is 18.3 Å². The molecule has 2 aliphatic heterocycles. The third-order valence-corrected chi connectivity index (χ3v) is 2.29. The first-order chi connectivity index (χ1) is 6.03. The molecule has 0 spiro atoms. The molecule has 2 heterocycles. The number of fused-ring (bicyclic) bond motifs is 1. The molecule has 0 aromatic heterocycles. The van der Waals surface area contributed by atoms with Crippen molar-refractivity contribution in [2.45, 2.75) is 44.2 Å². The molecule has 2 N–H and O–H groups in total. The molecule has 0 aromatic rings. The fourth-order valence-electron chi connectivity index (χ4n) is 1.71. The summed E-state index contributed by atoms with van der Waals surface area (Å²) < 4.78 is 16.0. The Hall–Kier alpha value is -0.200. The molecule has 2 fully saturated rings. The van der Waals surface area contributed by atoms with Gasteiger partial charge >= 0.3 is 0 Å². The van der Waals surface area contributed by atoms with Crippen LogP contribution in [-0.2, 0) is 14.2 Å². The second kappa shape index (κ2) is 2.90. The smallest absolute Gasteiger partial charge is 0.190 e. The molecule has 4 atom stereocenters. The lowest BCUT2D eigenvalue weighted by atomic mass is 10.1. The number of hydrogen-bond donors (Lipinski definition) is 2. The monoisotopic (exact) mass is 190 g/mol. The molecule has 5 heteroatoms. The summed E-state index contributed by atoms with van der Waals surface area (Å²) in [7, 11) is 0. The molecule has 0 saturated carbocycles. The number of hydrogen-bond acceptors (Lipinski definition) is 5. The van der Waals surface area contributed by atoms with Crippen LogP contribution in [0.1, 0.15) is 13.8 Å². The van der Waals surface area contributed by atoms with Gasteiger partial charge in [0.25, 0.3) is 0 Å². The van der Waals surface area contributed by atoms with Crippen molar-refractivity contribution >= 4 is 0 Å². The number of rotatable bonds is 1. The van der Waals surface area contributed by atoms with Gasteiger partial charge in [-0.15, -0.1) is 0 Å². The molecule has 0 aliphatic carbocycles. The molecule has 13 heavy (non-hydrogen) atoms. The van der Waals surface area contributed by atoms with Crippen molar-refractivity contribution < 1.29 is 24.4 Å². The highest BCUT2D eigenvalue weighted by Crippen LogP contribution is 2.36. The topological polar surface area (TPSA) is 68.2 Å². The van der Waals surface area contributed by atoms with Crippen molar-refractivity contribution in [3.05, 3.63) is 0 Å². The number of aliphatic hydroxyl groups is 2. The minimum atomic E-state index is -0.809. The van der Waals surface area contributed by atoms with Gasteiger partial charge < -0.3 is 24.4 Å². The summed E-state index contributed by atoms with van der Waals surface area (Å²) in [6.45, 7) is 3.30. The second-order valence-electron chi connectivity index (χ2n) is 3.82. The van der Waals surface area contributed by atoms with E-state index in [9.17, 15) is 5.11 Å². The maximum atomic E-state index is 9.60. The van der Waals surface area contributed by atoms with Crippen LogP contribution in [0.15, 0.2) is 0 Å². The zero-order valence-corrected chi connectivity index (χ0v) is 7.64. The zero-order chi connectivity index (χ0) is 9.64. The van der Waals surface area contributed by atoms with Crippen LogP contribution in [0.25, 0.3) is 0 Å². The zero-order valence-electron chi connectivity index (χ0n) is 7.64. The normalized spacial score (nSPS) is 48.0. The standard InChI is InChI=1S/C8H14O5/c1-8(2)12-6-5(10)4(3-9)11-7(6)13-8/h4-7,9-10H,3H2,1-2H3/t4?,5-,6+,7+/m0/s1. The summed E-state index contributed by atoms with van der Waals surface area (Å²) in [6, 6.07) is 0. The van der Waals surface area contributed by atoms with E-state index in [-0.39, 0.29) is 6.61 Å². The van der Waals surface area contributed by atoms with E-state index in [1.54, 1.807) is 13.8 Å². The summed E-state index contributed by atoms with van der Waals surface area (Å²) in [6.07, 6.45) is -2.43. The Kier molecular flexibility index (Phi) is 2.08. The minimum absolute atomic E-state index is 0.221. The predicted molar refractivity (Wildman–Crippen MR) is 41.8 cm³/mol.